The molecule has 13 aromatic carbocycles. The van der Waals surface area contributed by atoms with Crippen LogP contribution in [0.25, 0.3) is 110 Å². The van der Waals surface area contributed by atoms with Crippen LogP contribution in [0.4, 0.5) is 34.1 Å². The number of hydrogen-bond donors (Lipinski definition) is 0. The minimum absolute atomic E-state index is 0.416. The predicted molar refractivity (Wildman–Crippen MR) is 331 cm³/mol. The van der Waals surface area contributed by atoms with Gasteiger partial charge >= 0.3 is 0 Å². The molecule has 0 saturated heterocycles. The van der Waals surface area contributed by atoms with Gasteiger partial charge in [-0.1, -0.05) is 226 Å². The van der Waals surface area contributed by atoms with Crippen molar-refractivity contribution in [2.24, 2.45) is 0 Å². The minimum Gasteiger partial charge on any atom is -0.453 e. The summed E-state index contributed by atoms with van der Waals surface area (Å²) in [5.74, 6) is 0. The number of para-hydroxylation sites is 6. The van der Waals surface area contributed by atoms with E-state index in [1.54, 1.807) is 0 Å². The summed E-state index contributed by atoms with van der Waals surface area (Å²) in [5, 5.41) is 11.7. The molecule has 0 saturated carbocycles. The van der Waals surface area contributed by atoms with Crippen LogP contribution in [-0.2, 0) is 5.41 Å². The third-order valence-corrected chi connectivity index (χ3v) is 16.8. The molecule has 2 heterocycles. The Morgan fingerprint density at radius 1 is 0.278 bits per heavy atom. The van der Waals surface area contributed by atoms with E-state index in [1.807, 2.05) is 0 Å². The predicted octanol–water partition coefficient (Wildman–Crippen LogP) is 21.5. The lowest BCUT2D eigenvalue weighted by atomic mass is 9.79. The number of benzene rings is 13. The Morgan fingerprint density at radius 2 is 0.709 bits per heavy atom. The molecule has 79 heavy (non-hydrogen) atoms. The van der Waals surface area contributed by atoms with Crippen LogP contribution in [0.5, 0.6) is 0 Å². The second-order valence-electron chi connectivity index (χ2n) is 21.5. The zero-order valence-corrected chi connectivity index (χ0v) is 43.6. The molecule has 4 nitrogen and oxygen atoms in total. The SMILES string of the molecule is CC1(C)c2cc(N(c3ccccc3)c3cccc4c3oc3c(-c5ccccc5)cccc34)c3ccccc3c2-c2c1c1ccc(N(c3ccccc3)c3cccc4c3oc3c(-c5ccccc5)cccc34)cc1c1ccccc21. The molecule has 1 aliphatic rings. The average Bonchev–Trinajstić information content (AvgIpc) is 4.30. The molecular weight excluding hydrogens is 961 g/mol. The molecule has 0 aliphatic heterocycles. The molecule has 0 radical (unpaired) electrons. The van der Waals surface area contributed by atoms with E-state index in [-0.39, 0.29) is 0 Å². The van der Waals surface area contributed by atoms with Gasteiger partial charge < -0.3 is 18.6 Å². The second kappa shape index (κ2) is 17.4. The lowest BCUT2D eigenvalue weighted by Gasteiger charge is -2.30. The van der Waals surface area contributed by atoms with E-state index in [1.165, 1.54) is 54.6 Å². The summed E-state index contributed by atoms with van der Waals surface area (Å²) in [6.07, 6.45) is 0. The molecule has 0 N–H and O–H groups in total. The first kappa shape index (κ1) is 45.1. The molecular formula is C75H50N2O2. The third kappa shape index (κ3) is 6.74. The fourth-order valence-electron chi connectivity index (χ4n) is 13.3. The van der Waals surface area contributed by atoms with E-state index >= 15 is 0 Å². The van der Waals surface area contributed by atoms with Gasteiger partial charge in [0.1, 0.15) is 11.2 Å². The van der Waals surface area contributed by atoms with Gasteiger partial charge in [-0.05, 0) is 115 Å². The molecule has 0 atom stereocenters. The Balaban J connectivity index is 0.912. The van der Waals surface area contributed by atoms with Crippen molar-refractivity contribution in [3.8, 4) is 33.4 Å². The molecule has 0 spiro atoms. The largest absolute Gasteiger partial charge is 0.453 e. The fourth-order valence-corrected chi connectivity index (χ4v) is 13.3. The van der Waals surface area contributed by atoms with Crippen LogP contribution < -0.4 is 9.80 Å². The average molecular weight is 1010 g/mol. The highest BCUT2D eigenvalue weighted by Crippen LogP contribution is 2.59. The van der Waals surface area contributed by atoms with Crippen LogP contribution in [0.3, 0.4) is 0 Å². The summed E-state index contributed by atoms with van der Waals surface area (Å²) in [4.78, 5) is 4.80. The summed E-state index contributed by atoms with van der Waals surface area (Å²) in [6, 6.07) is 96.4. The molecule has 15 aromatic rings. The van der Waals surface area contributed by atoms with E-state index in [2.05, 4.69) is 291 Å². The zero-order chi connectivity index (χ0) is 52.3. The van der Waals surface area contributed by atoms with E-state index in [0.717, 1.165) is 100 Å². The zero-order valence-electron chi connectivity index (χ0n) is 43.6. The van der Waals surface area contributed by atoms with Gasteiger partial charge in [0.05, 0.1) is 17.1 Å². The van der Waals surface area contributed by atoms with E-state index in [9.17, 15) is 0 Å². The summed E-state index contributed by atoms with van der Waals surface area (Å²) < 4.78 is 14.3. The van der Waals surface area contributed by atoms with Gasteiger partial charge in [0, 0.05) is 60.5 Å². The van der Waals surface area contributed by atoms with Crippen LogP contribution in [-0.4, -0.2) is 0 Å². The van der Waals surface area contributed by atoms with Gasteiger partial charge in [-0.2, -0.15) is 0 Å². The van der Waals surface area contributed by atoms with Crippen LogP contribution in [0.1, 0.15) is 25.0 Å². The lowest BCUT2D eigenvalue weighted by molar-refractivity contribution is 0.666. The first-order valence-corrected chi connectivity index (χ1v) is 27.2. The normalized spacial score (nSPS) is 12.8. The summed E-state index contributed by atoms with van der Waals surface area (Å²) in [6.45, 7) is 4.86. The quantitative estimate of drug-likeness (QED) is 0.142. The van der Waals surface area contributed by atoms with Crippen LogP contribution in [0, 0.1) is 0 Å². The van der Waals surface area contributed by atoms with Gasteiger partial charge in [-0.25, -0.2) is 0 Å². The summed E-state index contributed by atoms with van der Waals surface area (Å²) in [7, 11) is 0. The van der Waals surface area contributed by atoms with Crippen LogP contribution in [0.2, 0.25) is 0 Å². The van der Waals surface area contributed by atoms with Gasteiger partial charge in [0.15, 0.2) is 11.2 Å². The van der Waals surface area contributed by atoms with Gasteiger partial charge in [0.25, 0.3) is 0 Å². The standard InChI is InChI=1S/C75H50N2O2/c1-75(2)64-46-67(77(50-29-13-6-14-30-50)66-42-22-40-62-60-38-20-36-53(72(60)79-74(62)66)48-25-9-4-10-26-48)55-32-16-18-34-57(55)68(64)69-56-33-17-15-31-54(56)63-45-51(43-44-58(63)70(69)75)76(49-27-11-5-12-28-49)65-41-21-39-61-59-37-19-35-52(71(59)78-73(61)65)47-23-7-3-8-24-47/h3-46H,1-2H3. The molecule has 0 amide bonds. The van der Waals surface area contributed by atoms with Gasteiger partial charge in [0.2, 0.25) is 0 Å². The summed E-state index contributed by atoms with van der Waals surface area (Å²) in [5.41, 5.74) is 18.9. The van der Waals surface area contributed by atoms with Crippen molar-refractivity contribution < 1.29 is 8.83 Å². The maximum absolute atomic E-state index is 7.17. The molecule has 0 fully saturated rings. The number of rotatable bonds is 8. The van der Waals surface area contributed by atoms with E-state index < -0.39 is 5.41 Å². The van der Waals surface area contributed by atoms with Crippen LogP contribution >= 0.6 is 0 Å². The van der Waals surface area contributed by atoms with Crippen molar-refractivity contribution in [1.29, 1.82) is 0 Å². The molecule has 2 aromatic heterocycles. The molecule has 16 rings (SSSR count). The second-order valence-corrected chi connectivity index (χ2v) is 21.5. The van der Waals surface area contributed by atoms with Crippen LogP contribution in [0.15, 0.2) is 276 Å². The number of hydrogen-bond acceptors (Lipinski definition) is 4. The molecule has 0 bridgehead atoms. The van der Waals surface area contributed by atoms with Crippen molar-refractivity contribution in [3.05, 3.63) is 278 Å². The van der Waals surface area contributed by atoms with E-state index in [0.29, 0.717) is 0 Å². The highest BCUT2D eigenvalue weighted by atomic mass is 16.3. The number of anilines is 6. The van der Waals surface area contributed by atoms with Gasteiger partial charge in [-0.15, -0.1) is 0 Å². The van der Waals surface area contributed by atoms with Crippen molar-refractivity contribution in [3.63, 3.8) is 0 Å². The van der Waals surface area contributed by atoms with Gasteiger partial charge in [-0.3, -0.25) is 0 Å². The first-order valence-electron chi connectivity index (χ1n) is 27.2. The fraction of sp³-hybridized carbons (Fsp3) is 0.0400. The molecule has 372 valence electrons. The highest BCUT2D eigenvalue weighted by Gasteiger charge is 2.41. The van der Waals surface area contributed by atoms with E-state index in [4.69, 9.17) is 8.83 Å². The molecule has 0 unspecified atom stereocenters. The molecule has 4 heteroatoms. The van der Waals surface area contributed by atoms with Crippen molar-refractivity contribution >= 4 is 110 Å². The van der Waals surface area contributed by atoms with Crippen molar-refractivity contribution in [2.45, 2.75) is 19.3 Å². The monoisotopic (exact) mass is 1010 g/mol. The first-order chi connectivity index (χ1) is 39.0. The maximum Gasteiger partial charge on any atom is 0.159 e. The Bertz CT molecular complexity index is 4920. The Hall–Kier alpha value is -10.2. The topological polar surface area (TPSA) is 32.8 Å². The number of furan rings is 2. The number of nitrogens with zero attached hydrogens (tertiary/aromatic N) is 2. The third-order valence-electron chi connectivity index (χ3n) is 16.8. The van der Waals surface area contributed by atoms with Crippen molar-refractivity contribution in [1.82, 2.24) is 0 Å². The smallest absolute Gasteiger partial charge is 0.159 e. The Kier molecular flexibility index (Phi) is 9.95. The summed E-state index contributed by atoms with van der Waals surface area (Å²) >= 11 is 0. The Morgan fingerprint density at radius 3 is 1.27 bits per heavy atom. The molecule has 1 aliphatic carbocycles. The number of fused-ring (bicyclic) bond motifs is 16. The highest BCUT2D eigenvalue weighted by molar-refractivity contribution is 6.24. The maximum atomic E-state index is 7.17. The lowest BCUT2D eigenvalue weighted by Crippen LogP contribution is -2.17. The van der Waals surface area contributed by atoms with Crippen molar-refractivity contribution in [2.75, 3.05) is 9.80 Å². The minimum atomic E-state index is -0.416. The Labute approximate surface area is 457 Å².